The van der Waals surface area contributed by atoms with Gasteiger partial charge in [0, 0.05) is 6.20 Å². The highest BCUT2D eigenvalue weighted by atomic mass is 15.1. The van der Waals surface area contributed by atoms with Crippen LogP contribution in [0, 0.1) is 5.41 Å². The van der Waals surface area contributed by atoms with Gasteiger partial charge in [0.1, 0.15) is 0 Å². The average molecular weight is 112 g/mol. The maximum Gasteiger partial charge on any atom is 0.190 e. The van der Waals surface area contributed by atoms with Crippen LogP contribution in [0.15, 0.2) is 17.8 Å². The van der Waals surface area contributed by atoms with Gasteiger partial charge in [-0.15, -0.1) is 0 Å². The minimum absolute atomic E-state index is 0.129. The van der Waals surface area contributed by atoms with E-state index in [-0.39, 0.29) is 5.96 Å². The van der Waals surface area contributed by atoms with Gasteiger partial charge in [-0.2, -0.15) is 0 Å². The van der Waals surface area contributed by atoms with E-state index in [2.05, 4.69) is 16.9 Å². The Bertz CT molecular complexity index is 115. The Kier molecular flexibility index (Phi) is 3.22. The third kappa shape index (κ3) is 4.68. The molecule has 0 radical (unpaired) electrons. The molecule has 0 aromatic rings. The second-order valence-corrected chi connectivity index (χ2v) is 1.02. The van der Waals surface area contributed by atoms with Gasteiger partial charge in [-0.25, -0.2) is 4.99 Å². The summed E-state index contributed by atoms with van der Waals surface area (Å²) in [7, 11) is 0. The molecule has 0 amide bonds. The molecule has 0 aromatic carbocycles. The lowest BCUT2D eigenvalue weighted by Crippen LogP contribution is -2.28. The Morgan fingerprint density at radius 3 is 2.88 bits per heavy atom. The largest absolute Gasteiger partial charge is 0.370 e. The molecule has 8 heavy (non-hydrogen) atoms. The molecule has 0 aliphatic rings. The van der Waals surface area contributed by atoms with E-state index in [1.165, 1.54) is 12.5 Å². The van der Waals surface area contributed by atoms with Crippen molar-refractivity contribution in [3.63, 3.8) is 0 Å². The Morgan fingerprint density at radius 2 is 2.50 bits per heavy atom. The van der Waals surface area contributed by atoms with Gasteiger partial charge >= 0.3 is 0 Å². The van der Waals surface area contributed by atoms with Crippen LogP contribution in [0.25, 0.3) is 0 Å². The number of rotatable bonds is 2. The molecular formula is C4H8N4. The smallest absolute Gasteiger partial charge is 0.190 e. The number of nitrogens with one attached hydrogen (secondary N) is 2. The van der Waals surface area contributed by atoms with E-state index in [4.69, 9.17) is 11.1 Å². The lowest BCUT2D eigenvalue weighted by atomic mass is 10.9. The molecule has 0 fully saturated rings. The zero-order valence-corrected chi connectivity index (χ0v) is 4.39. The van der Waals surface area contributed by atoms with Crippen LogP contribution in [0.4, 0.5) is 0 Å². The number of nitrogens with zero attached hydrogens (tertiary/aromatic N) is 1. The fraction of sp³-hybridized carbons (Fsp3) is 0. The van der Waals surface area contributed by atoms with Crippen molar-refractivity contribution < 1.29 is 0 Å². The molecule has 0 saturated heterocycles. The van der Waals surface area contributed by atoms with E-state index >= 15 is 0 Å². The van der Waals surface area contributed by atoms with E-state index in [0.717, 1.165) is 0 Å². The van der Waals surface area contributed by atoms with Gasteiger partial charge in [0.2, 0.25) is 0 Å². The van der Waals surface area contributed by atoms with Crippen LogP contribution in [0.5, 0.6) is 0 Å². The Hall–Kier alpha value is -1.32. The SMILES string of the molecule is C=CN=CNC(=N)N. The molecule has 44 valence electrons. The van der Waals surface area contributed by atoms with E-state index in [9.17, 15) is 0 Å². The molecule has 0 saturated carbocycles. The quantitative estimate of drug-likeness (QED) is 0.337. The van der Waals surface area contributed by atoms with Crippen LogP contribution in [0.3, 0.4) is 0 Å². The molecule has 4 N–H and O–H groups in total. The van der Waals surface area contributed by atoms with E-state index in [1.807, 2.05) is 0 Å². The molecule has 0 atom stereocenters. The molecule has 0 rings (SSSR count). The van der Waals surface area contributed by atoms with Gasteiger partial charge in [-0.1, -0.05) is 6.58 Å². The normalized spacial score (nSPS) is 9.00. The van der Waals surface area contributed by atoms with Crippen molar-refractivity contribution in [2.75, 3.05) is 0 Å². The summed E-state index contributed by atoms with van der Waals surface area (Å²) in [5.74, 6) is -0.129. The number of hydrogen-bond acceptors (Lipinski definition) is 2. The van der Waals surface area contributed by atoms with Crippen molar-refractivity contribution in [3.05, 3.63) is 12.8 Å². The number of guanidine groups is 1. The first kappa shape index (κ1) is 6.68. The number of aliphatic imine (C=N–C) groups is 1. The topological polar surface area (TPSA) is 74.3 Å². The first-order valence-corrected chi connectivity index (χ1v) is 2.00. The molecule has 0 bridgehead atoms. The van der Waals surface area contributed by atoms with E-state index < -0.39 is 0 Å². The minimum Gasteiger partial charge on any atom is -0.370 e. The van der Waals surface area contributed by atoms with Crippen molar-refractivity contribution in [2.45, 2.75) is 0 Å². The van der Waals surface area contributed by atoms with Gasteiger partial charge in [0.15, 0.2) is 5.96 Å². The van der Waals surface area contributed by atoms with Crippen LogP contribution < -0.4 is 11.1 Å². The highest BCUT2D eigenvalue weighted by Gasteiger charge is 1.73. The molecule has 4 heteroatoms. The molecule has 0 aromatic heterocycles. The predicted octanol–water partition coefficient (Wildman–Crippen LogP) is -0.359. The fourth-order valence-corrected chi connectivity index (χ4v) is 0.160. The number of nitrogens with two attached hydrogens (primary N) is 1. The van der Waals surface area contributed by atoms with Crippen LogP contribution in [0.1, 0.15) is 0 Å². The minimum atomic E-state index is -0.129. The Labute approximate surface area is 47.6 Å². The number of hydrogen-bond donors (Lipinski definition) is 3. The van der Waals surface area contributed by atoms with Crippen LogP contribution >= 0.6 is 0 Å². The maximum absolute atomic E-state index is 6.61. The van der Waals surface area contributed by atoms with Gasteiger partial charge in [0.25, 0.3) is 0 Å². The molecular weight excluding hydrogens is 104 g/mol. The molecule has 4 nitrogen and oxygen atoms in total. The zero-order valence-electron chi connectivity index (χ0n) is 4.39. The van der Waals surface area contributed by atoms with Crippen molar-refractivity contribution in [1.82, 2.24) is 5.32 Å². The monoisotopic (exact) mass is 112 g/mol. The Morgan fingerprint density at radius 1 is 1.88 bits per heavy atom. The predicted molar refractivity (Wildman–Crippen MR) is 33.7 cm³/mol. The van der Waals surface area contributed by atoms with E-state index in [0.29, 0.717) is 0 Å². The van der Waals surface area contributed by atoms with Crippen LogP contribution in [0.2, 0.25) is 0 Å². The second kappa shape index (κ2) is 3.86. The molecule has 0 aliphatic heterocycles. The average Bonchev–Trinajstić information content (AvgIpc) is 1.66. The summed E-state index contributed by atoms with van der Waals surface area (Å²) in [5.41, 5.74) is 4.88. The van der Waals surface area contributed by atoms with Gasteiger partial charge in [-0.3, -0.25) is 5.41 Å². The summed E-state index contributed by atoms with van der Waals surface area (Å²) in [5, 5.41) is 8.96. The third-order valence-electron chi connectivity index (χ3n) is 0.400. The summed E-state index contributed by atoms with van der Waals surface area (Å²) in [6.45, 7) is 3.31. The molecule has 0 unspecified atom stereocenters. The van der Waals surface area contributed by atoms with Gasteiger partial charge in [0.05, 0.1) is 6.34 Å². The van der Waals surface area contributed by atoms with Gasteiger partial charge in [-0.05, 0) is 0 Å². The van der Waals surface area contributed by atoms with Crippen molar-refractivity contribution in [1.29, 1.82) is 5.41 Å². The first-order chi connectivity index (χ1) is 3.77. The standard InChI is InChI=1S/C4H8N4/c1-2-7-3-8-4(5)6/h2-3H,1H2,(H4,5,6,7,8). The van der Waals surface area contributed by atoms with Crippen molar-refractivity contribution in [3.8, 4) is 0 Å². The highest BCUT2D eigenvalue weighted by Crippen LogP contribution is 1.57. The lowest BCUT2D eigenvalue weighted by Gasteiger charge is -1.89. The van der Waals surface area contributed by atoms with Crippen molar-refractivity contribution in [2.24, 2.45) is 10.7 Å². The summed E-state index contributed by atoms with van der Waals surface area (Å²) < 4.78 is 0. The van der Waals surface area contributed by atoms with Crippen molar-refractivity contribution >= 4 is 12.3 Å². The summed E-state index contributed by atoms with van der Waals surface area (Å²) in [6, 6.07) is 0. The molecule has 0 aliphatic carbocycles. The zero-order chi connectivity index (χ0) is 6.41. The van der Waals surface area contributed by atoms with E-state index in [1.54, 1.807) is 0 Å². The summed E-state index contributed by atoms with van der Waals surface area (Å²) >= 11 is 0. The highest BCUT2D eigenvalue weighted by molar-refractivity contribution is 5.86. The summed E-state index contributed by atoms with van der Waals surface area (Å²) in [6.07, 6.45) is 2.63. The first-order valence-electron chi connectivity index (χ1n) is 2.00. The second-order valence-electron chi connectivity index (χ2n) is 1.02. The van der Waals surface area contributed by atoms with Crippen LogP contribution in [-0.4, -0.2) is 12.3 Å². The Balaban J connectivity index is 3.29. The molecule has 0 heterocycles. The molecule has 0 spiro atoms. The third-order valence-corrected chi connectivity index (χ3v) is 0.400. The summed E-state index contributed by atoms with van der Waals surface area (Å²) in [4.78, 5) is 3.52. The lowest BCUT2D eigenvalue weighted by molar-refractivity contribution is 1.26. The van der Waals surface area contributed by atoms with Gasteiger partial charge < -0.3 is 11.1 Å². The van der Waals surface area contributed by atoms with Crippen LogP contribution in [-0.2, 0) is 0 Å². The fourth-order valence-electron chi connectivity index (χ4n) is 0.160. The maximum atomic E-state index is 6.61.